The number of halogens is 1. The monoisotopic (exact) mass is 563 g/mol. The molecule has 0 spiro atoms. The molecule has 184 valence electrons. The first kappa shape index (κ1) is 23.4. The fourth-order valence-corrected chi connectivity index (χ4v) is 5.47. The van der Waals surface area contributed by atoms with Crippen molar-refractivity contribution in [3.8, 4) is 45.3 Å². The lowest BCUT2D eigenvalue weighted by Gasteiger charge is -2.11. The fourth-order valence-electron chi connectivity index (χ4n) is 4.99. The molecule has 7 aromatic rings. The van der Waals surface area contributed by atoms with E-state index in [0.717, 1.165) is 32.1 Å². The van der Waals surface area contributed by atoms with Crippen molar-refractivity contribution in [3.05, 3.63) is 138 Å². The van der Waals surface area contributed by atoms with Gasteiger partial charge in [0.05, 0.1) is 0 Å². The molecule has 0 unspecified atom stereocenters. The highest BCUT2D eigenvalue weighted by atomic mass is 79.9. The molecule has 1 heterocycles. The van der Waals surface area contributed by atoms with Gasteiger partial charge in [0.2, 0.25) is 0 Å². The molecule has 0 saturated carbocycles. The SMILES string of the molecule is Brc1cc(-c2ccc(-c3nc(-c4ccccc4)nc(-c4ccc5ccccc5c4)n3)cc2)c2ccccc2c1. The van der Waals surface area contributed by atoms with Gasteiger partial charge >= 0.3 is 0 Å². The van der Waals surface area contributed by atoms with E-state index < -0.39 is 0 Å². The van der Waals surface area contributed by atoms with Crippen molar-refractivity contribution in [2.24, 2.45) is 0 Å². The molecular formula is C35H22BrN3. The van der Waals surface area contributed by atoms with Crippen LogP contribution in [-0.2, 0) is 0 Å². The molecule has 0 fully saturated rings. The molecule has 0 radical (unpaired) electrons. The maximum Gasteiger partial charge on any atom is 0.164 e. The van der Waals surface area contributed by atoms with Crippen LogP contribution in [0.15, 0.2) is 138 Å². The zero-order valence-corrected chi connectivity index (χ0v) is 22.5. The van der Waals surface area contributed by atoms with Crippen LogP contribution in [0.2, 0.25) is 0 Å². The summed E-state index contributed by atoms with van der Waals surface area (Å²) in [5.41, 5.74) is 5.19. The molecule has 0 aliphatic rings. The minimum atomic E-state index is 0.651. The van der Waals surface area contributed by atoms with E-state index in [0.29, 0.717) is 17.5 Å². The van der Waals surface area contributed by atoms with Crippen LogP contribution in [0.4, 0.5) is 0 Å². The van der Waals surface area contributed by atoms with Gasteiger partial charge in [0.25, 0.3) is 0 Å². The lowest BCUT2D eigenvalue weighted by Crippen LogP contribution is -2.00. The quantitative estimate of drug-likeness (QED) is 0.214. The Morgan fingerprint density at radius 1 is 0.385 bits per heavy atom. The van der Waals surface area contributed by atoms with Crippen LogP contribution in [0.1, 0.15) is 0 Å². The second-order valence-corrected chi connectivity index (χ2v) is 10.4. The Kier molecular flexibility index (Phi) is 5.95. The molecule has 0 saturated heterocycles. The highest BCUT2D eigenvalue weighted by Crippen LogP contribution is 2.34. The van der Waals surface area contributed by atoms with Crippen LogP contribution in [0, 0.1) is 0 Å². The highest BCUT2D eigenvalue weighted by molar-refractivity contribution is 9.10. The Labute approximate surface area is 235 Å². The molecule has 3 nitrogen and oxygen atoms in total. The third kappa shape index (κ3) is 4.60. The minimum absolute atomic E-state index is 0.651. The first-order valence-electron chi connectivity index (χ1n) is 12.8. The van der Waals surface area contributed by atoms with E-state index in [1.54, 1.807) is 0 Å². The van der Waals surface area contributed by atoms with Gasteiger partial charge in [-0.05, 0) is 50.9 Å². The molecule has 4 heteroatoms. The molecule has 0 atom stereocenters. The van der Waals surface area contributed by atoms with E-state index in [1.807, 2.05) is 30.3 Å². The first-order chi connectivity index (χ1) is 19.2. The summed E-state index contributed by atoms with van der Waals surface area (Å²) in [5, 5.41) is 4.77. The maximum atomic E-state index is 4.94. The average molecular weight is 564 g/mol. The predicted octanol–water partition coefficient (Wildman–Crippen LogP) is 9.61. The van der Waals surface area contributed by atoms with Crippen LogP contribution in [0.3, 0.4) is 0 Å². The van der Waals surface area contributed by atoms with Crippen molar-refractivity contribution in [3.63, 3.8) is 0 Å². The minimum Gasteiger partial charge on any atom is -0.208 e. The summed E-state index contributed by atoms with van der Waals surface area (Å²) in [6.07, 6.45) is 0. The Balaban J connectivity index is 1.35. The number of rotatable bonds is 4. The van der Waals surface area contributed by atoms with Crippen molar-refractivity contribution >= 4 is 37.5 Å². The Hall–Kier alpha value is -4.67. The summed E-state index contributed by atoms with van der Waals surface area (Å²) in [6, 6.07) is 46.0. The van der Waals surface area contributed by atoms with Gasteiger partial charge < -0.3 is 0 Å². The lowest BCUT2D eigenvalue weighted by molar-refractivity contribution is 1.07. The van der Waals surface area contributed by atoms with Crippen molar-refractivity contribution in [2.75, 3.05) is 0 Å². The summed E-state index contributed by atoms with van der Waals surface area (Å²) < 4.78 is 1.06. The van der Waals surface area contributed by atoms with E-state index in [-0.39, 0.29) is 0 Å². The van der Waals surface area contributed by atoms with Crippen LogP contribution in [0.5, 0.6) is 0 Å². The lowest BCUT2D eigenvalue weighted by atomic mass is 9.97. The number of hydrogen-bond donors (Lipinski definition) is 0. The van der Waals surface area contributed by atoms with Crippen LogP contribution < -0.4 is 0 Å². The number of aromatic nitrogens is 3. The Morgan fingerprint density at radius 3 is 1.67 bits per heavy atom. The van der Waals surface area contributed by atoms with Crippen molar-refractivity contribution in [2.45, 2.75) is 0 Å². The van der Waals surface area contributed by atoms with Gasteiger partial charge in [-0.15, -0.1) is 0 Å². The molecule has 0 amide bonds. The third-order valence-corrected chi connectivity index (χ3v) is 7.41. The predicted molar refractivity (Wildman–Crippen MR) is 164 cm³/mol. The number of benzene rings is 6. The summed E-state index contributed by atoms with van der Waals surface area (Å²) in [4.78, 5) is 14.7. The summed E-state index contributed by atoms with van der Waals surface area (Å²) in [7, 11) is 0. The molecule has 0 bridgehead atoms. The van der Waals surface area contributed by atoms with Gasteiger partial charge in [-0.25, -0.2) is 15.0 Å². The van der Waals surface area contributed by atoms with Crippen molar-refractivity contribution < 1.29 is 0 Å². The van der Waals surface area contributed by atoms with Crippen LogP contribution >= 0.6 is 15.9 Å². The molecule has 0 aliphatic heterocycles. The normalized spacial score (nSPS) is 11.2. The topological polar surface area (TPSA) is 38.7 Å². The Morgan fingerprint density at radius 2 is 0.923 bits per heavy atom. The van der Waals surface area contributed by atoms with Gasteiger partial charge in [-0.1, -0.05) is 131 Å². The fraction of sp³-hybridized carbons (Fsp3) is 0. The average Bonchev–Trinajstić information content (AvgIpc) is 3.00. The van der Waals surface area contributed by atoms with E-state index in [9.17, 15) is 0 Å². The zero-order valence-electron chi connectivity index (χ0n) is 20.9. The van der Waals surface area contributed by atoms with E-state index in [4.69, 9.17) is 15.0 Å². The maximum absolute atomic E-state index is 4.94. The molecular weight excluding hydrogens is 542 g/mol. The molecule has 0 aliphatic carbocycles. The molecule has 39 heavy (non-hydrogen) atoms. The van der Waals surface area contributed by atoms with E-state index in [2.05, 4.69) is 119 Å². The van der Waals surface area contributed by atoms with Crippen LogP contribution in [-0.4, -0.2) is 15.0 Å². The smallest absolute Gasteiger partial charge is 0.164 e. The largest absolute Gasteiger partial charge is 0.208 e. The van der Waals surface area contributed by atoms with Gasteiger partial charge in [-0.3, -0.25) is 0 Å². The summed E-state index contributed by atoms with van der Waals surface area (Å²) >= 11 is 3.68. The number of fused-ring (bicyclic) bond motifs is 2. The van der Waals surface area contributed by atoms with Crippen LogP contribution in [0.25, 0.3) is 66.8 Å². The molecule has 6 aromatic carbocycles. The van der Waals surface area contributed by atoms with E-state index >= 15 is 0 Å². The van der Waals surface area contributed by atoms with Gasteiger partial charge in [-0.2, -0.15) is 0 Å². The zero-order chi connectivity index (χ0) is 26.2. The Bertz CT molecular complexity index is 1970. The second kappa shape index (κ2) is 9.90. The molecule has 7 rings (SSSR count). The van der Waals surface area contributed by atoms with Gasteiger partial charge in [0.1, 0.15) is 0 Å². The third-order valence-electron chi connectivity index (χ3n) is 6.96. The summed E-state index contributed by atoms with van der Waals surface area (Å²) in [6.45, 7) is 0. The van der Waals surface area contributed by atoms with Crippen molar-refractivity contribution in [1.82, 2.24) is 15.0 Å². The molecule has 1 aromatic heterocycles. The number of hydrogen-bond acceptors (Lipinski definition) is 3. The summed E-state index contributed by atoms with van der Waals surface area (Å²) in [5.74, 6) is 1.97. The van der Waals surface area contributed by atoms with Gasteiger partial charge in [0.15, 0.2) is 17.5 Å². The van der Waals surface area contributed by atoms with E-state index in [1.165, 1.54) is 21.7 Å². The van der Waals surface area contributed by atoms with Gasteiger partial charge in [0, 0.05) is 21.2 Å². The second-order valence-electron chi connectivity index (χ2n) is 9.49. The first-order valence-corrected chi connectivity index (χ1v) is 13.6. The number of nitrogens with zero attached hydrogens (tertiary/aromatic N) is 3. The molecule has 0 N–H and O–H groups in total. The van der Waals surface area contributed by atoms with Crippen molar-refractivity contribution in [1.29, 1.82) is 0 Å². The standard InChI is InChI=1S/C35H22BrN3/c36-30-21-28-12-6-7-13-31(28)32(22-30)24-15-17-26(18-16-24)34-37-33(25-9-2-1-3-10-25)38-35(39-34)29-19-14-23-8-4-5-11-27(23)20-29/h1-22H. The highest BCUT2D eigenvalue weighted by Gasteiger charge is 2.13.